The van der Waals surface area contributed by atoms with E-state index >= 15 is 0 Å². The zero-order chi connectivity index (χ0) is 15.2. The van der Waals surface area contributed by atoms with Gasteiger partial charge in [0.1, 0.15) is 17.2 Å². The fourth-order valence-corrected chi connectivity index (χ4v) is 3.41. The first-order valence-electron chi connectivity index (χ1n) is 8.08. The predicted octanol–water partition coefficient (Wildman–Crippen LogP) is 5.02. The third kappa shape index (κ3) is 4.19. The molecule has 0 saturated heterocycles. The van der Waals surface area contributed by atoms with Gasteiger partial charge in [-0.25, -0.2) is 9.97 Å². The van der Waals surface area contributed by atoms with Crippen LogP contribution in [0.4, 0.5) is 5.82 Å². The number of anilines is 1. The summed E-state index contributed by atoms with van der Waals surface area (Å²) in [6.07, 6.45) is 10.8. The lowest BCUT2D eigenvalue weighted by atomic mass is 9.81. The van der Waals surface area contributed by atoms with Crippen LogP contribution in [0.25, 0.3) is 0 Å². The summed E-state index contributed by atoms with van der Waals surface area (Å²) in [7, 11) is 0. The molecule has 1 aromatic rings. The molecule has 0 unspecified atom stereocenters. The number of hydrogen-bond donors (Lipinski definition) is 1. The van der Waals surface area contributed by atoms with Crippen LogP contribution in [0.15, 0.2) is 18.0 Å². The first-order valence-corrected chi connectivity index (χ1v) is 8.46. The zero-order valence-corrected chi connectivity index (χ0v) is 14.1. The average Bonchev–Trinajstić information content (AvgIpc) is 2.50. The van der Waals surface area contributed by atoms with Crippen LogP contribution in [0, 0.1) is 5.92 Å². The number of hydrogen-bond acceptors (Lipinski definition) is 3. The summed E-state index contributed by atoms with van der Waals surface area (Å²) in [5.74, 6) is 1.56. The maximum absolute atomic E-state index is 6.35. The Hall–Kier alpha value is -1.09. The molecule has 116 valence electrons. The van der Waals surface area contributed by atoms with Crippen LogP contribution in [0.5, 0.6) is 0 Å². The molecule has 0 aromatic carbocycles. The van der Waals surface area contributed by atoms with Crippen molar-refractivity contribution < 1.29 is 0 Å². The van der Waals surface area contributed by atoms with Crippen molar-refractivity contribution in [1.82, 2.24) is 9.97 Å². The van der Waals surface area contributed by atoms with E-state index in [1.54, 1.807) is 11.9 Å². The monoisotopic (exact) mass is 307 g/mol. The molecule has 0 amide bonds. The van der Waals surface area contributed by atoms with Gasteiger partial charge in [-0.2, -0.15) is 0 Å². The van der Waals surface area contributed by atoms with Crippen molar-refractivity contribution in [1.29, 1.82) is 0 Å². The van der Waals surface area contributed by atoms with E-state index in [0.29, 0.717) is 11.1 Å². The molecule has 0 bridgehead atoms. The van der Waals surface area contributed by atoms with Crippen molar-refractivity contribution in [3.8, 4) is 0 Å². The number of aromatic nitrogens is 2. The summed E-state index contributed by atoms with van der Waals surface area (Å²) in [6.45, 7) is 6.54. The maximum Gasteiger partial charge on any atom is 0.148 e. The Labute approximate surface area is 133 Å². The number of nitrogens with zero attached hydrogens (tertiary/aromatic N) is 2. The number of allylic oxidation sites excluding steroid dienone is 2. The van der Waals surface area contributed by atoms with Crippen LogP contribution in [0.1, 0.15) is 58.6 Å². The number of rotatable bonds is 5. The summed E-state index contributed by atoms with van der Waals surface area (Å²) < 4.78 is 0. The first kappa shape index (κ1) is 16.3. The summed E-state index contributed by atoms with van der Waals surface area (Å²) in [4.78, 5) is 8.51. The molecular formula is C17H26ClN3. The molecule has 3 nitrogen and oxygen atoms in total. The lowest BCUT2D eigenvalue weighted by molar-refractivity contribution is 0.376. The standard InChI is InChI=1S/C17H26ClN3/c1-4-6-12(3)13-7-9-14(10-8-13)21-17-16(18)15(5-2)19-11-20-17/h6,11,13-14H,4-5,7-10H2,1-3H3,(H,19,20,21)/b12-6+. The van der Waals surface area contributed by atoms with Gasteiger partial charge in [0.05, 0.1) is 5.69 Å². The van der Waals surface area contributed by atoms with Gasteiger partial charge >= 0.3 is 0 Å². The fourth-order valence-electron chi connectivity index (χ4n) is 3.13. The van der Waals surface area contributed by atoms with E-state index < -0.39 is 0 Å². The summed E-state index contributed by atoms with van der Waals surface area (Å²) >= 11 is 6.35. The third-order valence-electron chi connectivity index (χ3n) is 4.43. The van der Waals surface area contributed by atoms with Crippen molar-refractivity contribution in [2.75, 3.05) is 5.32 Å². The Morgan fingerprint density at radius 2 is 2.00 bits per heavy atom. The molecule has 1 aromatic heterocycles. The third-order valence-corrected chi connectivity index (χ3v) is 4.83. The Balaban J connectivity index is 1.94. The van der Waals surface area contributed by atoms with Gasteiger partial charge in [-0.15, -0.1) is 0 Å². The minimum atomic E-state index is 0.479. The lowest BCUT2D eigenvalue weighted by Gasteiger charge is -2.30. The van der Waals surface area contributed by atoms with Crippen LogP contribution < -0.4 is 5.32 Å². The first-order chi connectivity index (χ1) is 10.2. The van der Waals surface area contributed by atoms with Crippen molar-refractivity contribution in [2.24, 2.45) is 5.92 Å². The molecule has 0 radical (unpaired) electrons. The van der Waals surface area contributed by atoms with Crippen LogP contribution in [-0.4, -0.2) is 16.0 Å². The quantitative estimate of drug-likeness (QED) is 0.776. The van der Waals surface area contributed by atoms with E-state index in [1.165, 1.54) is 25.7 Å². The highest BCUT2D eigenvalue weighted by atomic mass is 35.5. The molecule has 4 heteroatoms. The molecule has 0 atom stereocenters. The summed E-state index contributed by atoms with van der Waals surface area (Å²) in [5.41, 5.74) is 2.48. The molecule has 1 heterocycles. The number of halogens is 1. The van der Waals surface area contributed by atoms with Gasteiger partial charge in [0.25, 0.3) is 0 Å². The molecule has 1 N–H and O–H groups in total. The van der Waals surface area contributed by atoms with Crippen LogP contribution in [-0.2, 0) is 6.42 Å². The highest BCUT2D eigenvalue weighted by molar-refractivity contribution is 6.33. The molecular weight excluding hydrogens is 282 g/mol. The lowest BCUT2D eigenvalue weighted by Crippen LogP contribution is -2.27. The van der Waals surface area contributed by atoms with Gasteiger partial charge in [-0.05, 0) is 51.4 Å². The smallest absolute Gasteiger partial charge is 0.148 e. The second-order valence-corrected chi connectivity index (χ2v) is 6.26. The number of nitrogens with one attached hydrogen (secondary N) is 1. The molecule has 0 aliphatic heterocycles. The predicted molar refractivity (Wildman–Crippen MR) is 89.8 cm³/mol. The highest BCUT2D eigenvalue weighted by Crippen LogP contribution is 2.32. The van der Waals surface area contributed by atoms with Crippen molar-refractivity contribution in [3.63, 3.8) is 0 Å². The average molecular weight is 308 g/mol. The van der Waals surface area contributed by atoms with Crippen LogP contribution in [0.3, 0.4) is 0 Å². The van der Waals surface area contributed by atoms with E-state index in [4.69, 9.17) is 11.6 Å². The van der Waals surface area contributed by atoms with Gasteiger partial charge in [0, 0.05) is 6.04 Å². The van der Waals surface area contributed by atoms with E-state index in [2.05, 4.69) is 42.1 Å². The highest BCUT2D eigenvalue weighted by Gasteiger charge is 2.23. The van der Waals surface area contributed by atoms with Crippen LogP contribution >= 0.6 is 11.6 Å². The second-order valence-electron chi connectivity index (χ2n) is 5.89. The van der Waals surface area contributed by atoms with Crippen molar-refractivity contribution in [3.05, 3.63) is 28.7 Å². The second kappa shape index (κ2) is 7.79. The minimum absolute atomic E-state index is 0.479. The molecule has 1 saturated carbocycles. The van der Waals surface area contributed by atoms with Gasteiger partial charge in [0.2, 0.25) is 0 Å². The van der Waals surface area contributed by atoms with Crippen LogP contribution in [0.2, 0.25) is 5.02 Å². The van der Waals surface area contributed by atoms with E-state index in [1.807, 2.05) is 0 Å². The molecule has 2 rings (SSSR count). The normalized spacial score (nSPS) is 23.1. The minimum Gasteiger partial charge on any atom is -0.366 e. The molecule has 0 spiro atoms. The molecule has 1 fully saturated rings. The summed E-state index contributed by atoms with van der Waals surface area (Å²) in [6, 6.07) is 0.479. The molecule has 1 aliphatic rings. The Kier molecular flexibility index (Phi) is 6.04. The molecule has 21 heavy (non-hydrogen) atoms. The van der Waals surface area contributed by atoms with Crippen molar-refractivity contribution in [2.45, 2.75) is 65.3 Å². The van der Waals surface area contributed by atoms with E-state index in [0.717, 1.165) is 30.3 Å². The Bertz CT molecular complexity index is 491. The van der Waals surface area contributed by atoms with Gasteiger partial charge in [-0.3, -0.25) is 0 Å². The summed E-state index contributed by atoms with van der Waals surface area (Å²) in [5, 5.41) is 4.20. The number of aryl methyl sites for hydroxylation is 1. The maximum atomic E-state index is 6.35. The van der Waals surface area contributed by atoms with Gasteiger partial charge in [-0.1, -0.05) is 37.1 Å². The molecule has 1 aliphatic carbocycles. The zero-order valence-electron chi connectivity index (χ0n) is 13.3. The van der Waals surface area contributed by atoms with Gasteiger partial charge in [0.15, 0.2) is 0 Å². The van der Waals surface area contributed by atoms with Gasteiger partial charge < -0.3 is 5.32 Å². The largest absolute Gasteiger partial charge is 0.366 e. The van der Waals surface area contributed by atoms with E-state index in [9.17, 15) is 0 Å². The SMILES string of the molecule is CC/C=C(\C)C1CCC(Nc2ncnc(CC)c2Cl)CC1. The Morgan fingerprint density at radius 3 is 2.62 bits per heavy atom. The topological polar surface area (TPSA) is 37.8 Å². The van der Waals surface area contributed by atoms with E-state index in [-0.39, 0.29) is 0 Å². The fraction of sp³-hybridized carbons (Fsp3) is 0.647. The van der Waals surface area contributed by atoms with Crippen molar-refractivity contribution >= 4 is 17.4 Å². The Morgan fingerprint density at radius 1 is 1.29 bits per heavy atom.